The predicted octanol–water partition coefficient (Wildman–Crippen LogP) is 4.54. The van der Waals surface area contributed by atoms with E-state index in [-0.39, 0.29) is 5.91 Å². The van der Waals surface area contributed by atoms with Gasteiger partial charge in [-0.05, 0) is 17.7 Å². The minimum absolute atomic E-state index is 0.194. The largest absolute Gasteiger partial charge is 0.497 e. The summed E-state index contributed by atoms with van der Waals surface area (Å²) in [5, 5.41) is 2.93. The number of carbonyl (C=O) groups is 1. The molecule has 1 N–H and O–H groups in total. The molecule has 0 radical (unpaired) electrons. The maximum absolute atomic E-state index is 12.9. The van der Waals surface area contributed by atoms with Crippen LogP contribution in [0.5, 0.6) is 5.75 Å². The number of furan rings is 1. The average Bonchev–Trinajstić information content (AvgIpc) is 3.25. The quantitative estimate of drug-likeness (QED) is 0.577. The summed E-state index contributed by atoms with van der Waals surface area (Å²) in [5.74, 6) is 0.497. The molecule has 26 heavy (non-hydrogen) atoms. The van der Waals surface area contributed by atoms with E-state index in [2.05, 4.69) is 5.32 Å². The summed E-state index contributed by atoms with van der Waals surface area (Å²) < 4.78 is 12.7. The van der Waals surface area contributed by atoms with Crippen molar-refractivity contribution in [1.82, 2.24) is 4.57 Å². The van der Waals surface area contributed by atoms with Crippen LogP contribution in [0.3, 0.4) is 0 Å². The Morgan fingerprint density at radius 2 is 1.92 bits per heavy atom. The van der Waals surface area contributed by atoms with E-state index < -0.39 is 0 Å². The van der Waals surface area contributed by atoms with Crippen LogP contribution in [0.4, 0.5) is 5.69 Å². The van der Waals surface area contributed by atoms with Crippen molar-refractivity contribution in [3.8, 4) is 5.75 Å². The van der Waals surface area contributed by atoms with Gasteiger partial charge >= 0.3 is 0 Å². The number of nitrogens with one attached hydrogen (secondary N) is 1. The Hall–Kier alpha value is -3.47. The van der Waals surface area contributed by atoms with E-state index in [9.17, 15) is 4.79 Å². The van der Waals surface area contributed by atoms with Crippen LogP contribution in [0, 0.1) is 0 Å². The molecule has 2 aromatic carbocycles. The van der Waals surface area contributed by atoms with Crippen molar-refractivity contribution >= 4 is 22.7 Å². The molecule has 4 rings (SSSR count). The molecule has 4 aromatic rings. The third-order valence-corrected chi connectivity index (χ3v) is 4.27. The fourth-order valence-corrected chi connectivity index (χ4v) is 3.00. The lowest BCUT2D eigenvalue weighted by atomic mass is 10.2. The minimum Gasteiger partial charge on any atom is -0.497 e. The molecule has 0 saturated heterocycles. The highest BCUT2D eigenvalue weighted by Crippen LogP contribution is 2.24. The summed E-state index contributed by atoms with van der Waals surface area (Å²) in [4.78, 5) is 12.9. The molecule has 5 heteroatoms. The van der Waals surface area contributed by atoms with Crippen molar-refractivity contribution in [2.45, 2.75) is 6.54 Å². The van der Waals surface area contributed by atoms with Gasteiger partial charge in [-0.3, -0.25) is 4.79 Å². The summed E-state index contributed by atoms with van der Waals surface area (Å²) in [6.07, 6.45) is 1.63. The molecule has 130 valence electrons. The lowest BCUT2D eigenvalue weighted by molar-refractivity contribution is 0.101. The first-order valence-electron chi connectivity index (χ1n) is 8.30. The zero-order chi connectivity index (χ0) is 17.9. The van der Waals surface area contributed by atoms with Gasteiger partial charge in [-0.15, -0.1) is 0 Å². The van der Waals surface area contributed by atoms with E-state index in [0.29, 0.717) is 29.3 Å². The fourth-order valence-electron chi connectivity index (χ4n) is 3.00. The van der Waals surface area contributed by atoms with Crippen LogP contribution in [0.1, 0.15) is 16.1 Å². The van der Waals surface area contributed by atoms with Crippen LogP contribution in [0.2, 0.25) is 0 Å². The van der Waals surface area contributed by atoms with Crippen molar-refractivity contribution in [2.75, 3.05) is 12.4 Å². The fraction of sp³-hybridized carbons (Fsp3) is 0.0952. The molecule has 0 unspecified atom stereocenters. The topological polar surface area (TPSA) is 56.4 Å². The zero-order valence-corrected chi connectivity index (χ0v) is 14.3. The first-order valence-corrected chi connectivity index (χ1v) is 8.30. The van der Waals surface area contributed by atoms with E-state index in [1.165, 1.54) is 0 Å². The third-order valence-electron chi connectivity index (χ3n) is 4.27. The number of aromatic nitrogens is 1. The smallest absolute Gasteiger partial charge is 0.272 e. The maximum atomic E-state index is 12.9. The third kappa shape index (κ3) is 3.07. The van der Waals surface area contributed by atoms with Crippen molar-refractivity contribution in [3.05, 3.63) is 84.3 Å². The number of ether oxygens (including phenoxy) is 1. The molecule has 2 heterocycles. The molecule has 1 amide bonds. The second-order valence-electron chi connectivity index (χ2n) is 5.96. The van der Waals surface area contributed by atoms with E-state index in [1.807, 2.05) is 59.2 Å². The summed E-state index contributed by atoms with van der Waals surface area (Å²) in [5.41, 5.74) is 3.92. The number of methoxy groups -OCH3 is 1. The average molecular weight is 346 g/mol. The van der Waals surface area contributed by atoms with E-state index in [1.54, 1.807) is 25.5 Å². The molecule has 2 aromatic heterocycles. The Kier molecular flexibility index (Phi) is 4.19. The summed E-state index contributed by atoms with van der Waals surface area (Å²) in [6.45, 7) is 0.588. The van der Waals surface area contributed by atoms with Crippen molar-refractivity contribution in [1.29, 1.82) is 0 Å². The first-order chi connectivity index (χ1) is 12.7. The Bertz CT molecular complexity index is 1050. The number of amides is 1. The molecule has 0 bridgehead atoms. The molecule has 0 spiro atoms. The number of benzene rings is 2. The number of rotatable bonds is 5. The molecule has 0 atom stereocenters. The zero-order valence-electron chi connectivity index (χ0n) is 14.3. The highest BCUT2D eigenvalue weighted by atomic mass is 16.5. The number of hydrogen-bond donors (Lipinski definition) is 1. The maximum Gasteiger partial charge on any atom is 0.272 e. The van der Waals surface area contributed by atoms with E-state index >= 15 is 0 Å². The summed E-state index contributed by atoms with van der Waals surface area (Å²) >= 11 is 0. The Balaban J connectivity index is 1.67. The number of nitrogens with zero attached hydrogens (tertiary/aromatic N) is 1. The second kappa shape index (κ2) is 6.80. The van der Waals surface area contributed by atoms with Gasteiger partial charge in [0.2, 0.25) is 0 Å². The van der Waals surface area contributed by atoms with Gasteiger partial charge in [0, 0.05) is 30.4 Å². The molecule has 0 fully saturated rings. The standard InChI is InChI=1S/C21H18N2O3/c1-25-17-9-5-8-16(12-17)22-21(24)19-13-20-18(10-11-26-20)23(19)14-15-6-3-2-4-7-15/h2-13H,14H2,1H3,(H,22,24). The number of carbonyl (C=O) groups excluding carboxylic acids is 1. The van der Waals surface area contributed by atoms with Crippen LogP contribution in [0.25, 0.3) is 11.1 Å². The van der Waals surface area contributed by atoms with Crippen LogP contribution in [-0.2, 0) is 6.54 Å². The van der Waals surface area contributed by atoms with Gasteiger partial charge < -0.3 is 19.0 Å². The highest BCUT2D eigenvalue weighted by Gasteiger charge is 2.18. The molecule has 0 aliphatic rings. The van der Waals surface area contributed by atoms with Gasteiger partial charge in [-0.25, -0.2) is 0 Å². The van der Waals surface area contributed by atoms with Gasteiger partial charge in [0.05, 0.1) is 18.9 Å². The number of hydrogen-bond acceptors (Lipinski definition) is 3. The normalized spacial score (nSPS) is 10.8. The molecular formula is C21H18N2O3. The lowest BCUT2D eigenvalue weighted by Crippen LogP contribution is -2.17. The van der Waals surface area contributed by atoms with Crippen LogP contribution in [-0.4, -0.2) is 17.6 Å². The second-order valence-corrected chi connectivity index (χ2v) is 5.96. The van der Waals surface area contributed by atoms with Crippen LogP contribution >= 0.6 is 0 Å². The Morgan fingerprint density at radius 1 is 1.08 bits per heavy atom. The minimum atomic E-state index is -0.194. The van der Waals surface area contributed by atoms with E-state index in [0.717, 1.165) is 11.1 Å². The first kappa shape index (κ1) is 16.0. The molecular weight excluding hydrogens is 328 g/mol. The van der Waals surface area contributed by atoms with Gasteiger partial charge in [0.1, 0.15) is 11.4 Å². The molecule has 0 aliphatic heterocycles. The monoisotopic (exact) mass is 346 g/mol. The van der Waals surface area contributed by atoms with Gasteiger partial charge in [-0.1, -0.05) is 36.4 Å². The molecule has 0 aliphatic carbocycles. The van der Waals surface area contributed by atoms with Gasteiger partial charge in [0.15, 0.2) is 5.58 Å². The SMILES string of the molecule is COc1cccc(NC(=O)c2cc3occc3n2Cc2ccccc2)c1. The van der Waals surface area contributed by atoms with Crippen molar-refractivity contribution in [3.63, 3.8) is 0 Å². The molecule has 0 saturated carbocycles. The van der Waals surface area contributed by atoms with E-state index in [4.69, 9.17) is 9.15 Å². The van der Waals surface area contributed by atoms with Gasteiger partial charge in [0.25, 0.3) is 5.91 Å². The van der Waals surface area contributed by atoms with Gasteiger partial charge in [-0.2, -0.15) is 0 Å². The predicted molar refractivity (Wildman–Crippen MR) is 101 cm³/mol. The number of fused-ring (bicyclic) bond motifs is 1. The van der Waals surface area contributed by atoms with Crippen LogP contribution < -0.4 is 10.1 Å². The number of anilines is 1. The van der Waals surface area contributed by atoms with Crippen molar-refractivity contribution < 1.29 is 13.9 Å². The Morgan fingerprint density at radius 3 is 2.73 bits per heavy atom. The lowest BCUT2D eigenvalue weighted by Gasteiger charge is -2.11. The summed E-state index contributed by atoms with van der Waals surface area (Å²) in [7, 11) is 1.60. The van der Waals surface area contributed by atoms with Crippen molar-refractivity contribution in [2.24, 2.45) is 0 Å². The highest BCUT2D eigenvalue weighted by molar-refractivity contribution is 6.06. The summed E-state index contributed by atoms with van der Waals surface area (Å²) in [6, 6.07) is 21.0. The Labute approximate surface area is 150 Å². The molecule has 5 nitrogen and oxygen atoms in total. The van der Waals surface area contributed by atoms with Crippen LogP contribution in [0.15, 0.2) is 77.4 Å².